The van der Waals surface area contributed by atoms with Crippen molar-refractivity contribution in [2.45, 2.75) is 44.8 Å². The second-order valence-electron chi connectivity index (χ2n) is 4.42. The minimum absolute atomic E-state index is 0.0871. The fraction of sp³-hybridized carbons (Fsp3) is 0.909. The molecule has 0 saturated carbocycles. The van der Waals surface area contributed by atoms with Gasteiger partial charge < -0.3 is 15.8 Å². The lowest BCUT2D eigenvalue weighted by molar-refractivity contribution is -0.174. The van der Waals surface area contributed by atoms with Crippen molar-refractivity contribution in [2.75, 3.05) is 19.8 Å². The summed E-state index contributed by atoms with van der Waals surface area (Å²) in [5.41, 5.74) is 5.03. The molecule has 0 fully saturated rings. The number of ether oxygens (including phenoxy) is 1. The zero-order chi connectivity index (χ0) is 14.2. The Morgan fingerprint density at radius 1 is 1.39 bits per heavy atom. The quantitative estimate of drug-likeness (QED) is 0.658. The fourth-order valence-electron chi connectivity index (χ4n) is 1.40. The van der Waals surface area contributed by atoms with Crippen LogP contribution in [0.3, 0.4) is 0 Å². The SMILES string of the molecule is CCC(C)(CCN)NC(=O)CCOCC(F)(F)F. The van der Waals surface area contributed by atoms with Gasteiger partial charge in [-0.3, -0.25) is 4.79 Å². The van der Waals surface area contributed by atoms with Gasteiger partial charge in [0.05, 0.1) is 6.61 Å². The summed E-state index contributed by atoms with van der Waals surface area (Å²) in [6.07, 6.45) is -3.11. The predicted octanol–water partition coefficient (Wildman–Crippen LogP) is 1.59. The molecule has 0 saturated heterocycles. The summed E-state index contributed by atoms with van der Waals surface area (Å²) in [6.45, 7) is 2.64. The lowest BCUT2D eigenvalue weighted by Crippen LogP contribution is -2.47. The average molecular weight is 270 g/mol. The predicted molar refractivity (Wildman–Crippen MR) is 62.0 cm³/mol. The van der Waals surface area contributed by atoms with E-state index in [4.69, 9.17) is 5.73 Å². The highest BCUT2D eigenvalue weighted by Crippen LogP contribution is 2.15. The van der Waals surface area contributed by atoms with Crippen molar-refractivity contribution in [2.24, 2.45) is 5.73 Å². The Bertz CT molecular complexity index is 259. The third kappa shape index (κ3) is 8.30. The Labute approximate surface area is 105 Å². The normalized spacial score (nSPS) is 15.2. The molecule has 0 bridgehead atoms. The average Bonchev–Trinajstić information content (AvgIpc) is 2.23. The maximum Gasteiger partial charge on any atom is 0.411 e. The number of carbonyl (C=O) groups excluding carboxylic acids is 1. The molecule has 0 aliphatic heterocycles. The van der Waals surface area contributed by atoms with Gasteiger partial charge in [0, 0.05) is 12.0 Å². The van der Waals surface area contributed by atoms with E-state index in [0.717, 1.165) is 0 Å². The van der Waals surface area contributed by atoms with Crippen LogP contribution in [0.5, 0.6) is 0 Å². The second-order valence-corrected chi connectivity index (χ2v) is 4.42. The number of amides is 1. The van der Waals surface area contributed by atoms with Crippen LogP contribution in [0.15, 0.2) is 0 Å². The molecule has 18 heavy (non-hydrogen) atoms. The molecule has 1 atom stereocenters. The van der Waals surface area contributed by atoms with E-state index < -0.39 is 18.3 Å². The highest BCUT2D eigenvalue weighted by molar-refractivity contribution is 5.76. The molecule has 0 aromatic rings. The van der Waals surface area contributed by atoms with E-state index in [-0.39, 0.29) is 18.9 Å². The molecule has 0 aromatic carbocycles. The molecule has 7 heteroatoms. The summed E-state index contributed by atoms with van der Waals surface area (Å²) in [5, 5.41) is 2.76. The van der Waals surface area contributed by atoms with E-state index in [1.807, 2.05) is 13.8 Å². The third-order valence-corrected chi connectivity index (χ3v) is 2.66. The van der Waals surface area contributed by atoms with Gasteiger partial charge in [-0.1, -0.05) is 6.92 Å². The molecule has 108 valence electrons. The first-order valence-corrected chi connectivity index (χ1v) is 5.88. The number of rotatable bonds is 8. The van der Waals surface area contributed by atoms with Gasteiger partial charge in [-0.25, -0.2) is 0 Å². The standard InChI is InChI=1S/C11H21F3N2O2/c1-3-10(2,5-6-15)16-9(17)4-7-18-8-11(12,13)14/h3-8,15H2,1-2H3,(H,16,17). The van der Waals surface area contributed by atoms with Gasteiger partial charge >= 0.3 is 6.18 Å². The van der Waals surface area contributed by atoms with E-state index in [1.165, 1.54) is 0 Å². The Balaban J connectivity index is 3.89. The van der Waals surface area contributed by atoms with Crippen molar-refractivity contribution in [1.29, 1.82) is 0 Å². The molecule has 0 heterocycles. The molecule has 0 aliphatic carbocycles. The molecule has 4 nitrogen and oxygen atoms in total. The minimum Gasteiger partial charge on any atom is -0.372 e. The zero-order valence-corrected chi connectivity index (χ0v) is 10.8. The van der Waals surface area contributed by atoms with E-state index >= 15 is 0 Å². The molecule has 0 radical (unpaired) electrons. The van der Waals surface area contributed by atoms with E-state index in [9.17, 15) is 18.0 Å². The summed E-state index contributed by atoms with van der Waals surface area (Å²) >= 11 is 0. The van der Waals surface area contributed by atoms with Crippen molar-refractivity contribution in [3.05, 3.63) is 0 Å². The first-order valence-electron chi connectivity index (χ1n) is 5.88. The van der Waals surface area contributed by atoms with E-state index in [1.54, 1.807) is 0 Å². The van der Waals surface area contributed by atoms with Crippen molar-refractivity contribution < 1.29 is 22.7 Å². The summed E-state index contributed by atoms with van der Waals surface area (Å²) in [7, 11) is 0. The van der Waals surface area contributed by atoms with E-state index in [0.29, 0.717) is 19.4 Å². The van der Waals surface area contributed by atoms with Crippen LogP contribution >= 0.6 is 0 Å². The molecular formula is C11H21F3N2O2. The largest absolute Gasteiger partial charge is 0.411 e. The smallest absolute Gasteiger partial charge is 0.372 e. The van der Waals surface area contributed by atoms with Gasteiger partial charge in [0.25, 0.3) is 0 Å². The zero-order valence-electron chi connectivity index (χ0n) is 10.8. The molecule has 0 aromatic heterocycles. The molecule has 0 spiro atoms. The van der Waals surface area contributed by atoms with Crippen molar-refractivity contribution in [1.82, 2.24) is 5.32 Å². The van der Waals surface area contributed by atoms with Crippen molar-refractivity contribution >= 4 is 5.91 Å². The van der Waals surface area contributed by atoms with Gasteiger partial charge in [0.15, 0.2) is 0 Å². The first kappa shape index (κ1) is 17.2. The first-order chi connectivity index (χ1) is 8.22. The van der Waals surface area contributed by atoms with Gasteiger partial charge in [0.2, 0.25) is 5.91 Å². The molecule has 1 unspecified atom stereocenters. The minimum atomic E-state index is -4.35. The Morgan fingerprint density at radius 2 is 2.00 bits per heavy atom. The molecule has 0 rings (SSSR count). The Kier molecular flexibility index (Phi) is 7.23. The number of nitrogens with two attached hydrogens (primary N) is 1. The lowest BCUT2D eigenvalue weighted by atomic mass is 9.94. The van der Waals surface area contributed by atoms with Crippen molar-refractivity contribution in [3.63, 3.8) is 0 Å². The number of hydrogen-bond donors (Lipinski definition) is 2. The van der Waals surface area contributed by atoms with E-state index in [2.05, 4.69) is 10.1 Å². The highest BCUT2D eigenvalue weighted by Gasteiger charge is 2.27. The highest BCUT2D eigenvalue weighted by atomic mass is 19.4. The number of alkyl halides is 3. The van der Waals surface area contributed by atoms with Crippen LogP contribution in [0.25, 0.3) is 0 Å². The lowest BCUT2D eigenvalue weighted by Gasteiger charge is -2.29. The van der Waals surface area contributed by atoms with Crippen LogP contribution in [-0.4, -0.2) is 37.4 Å². The summed E-state index contributed by atoms with van der Waals surface area (Å²) in [5.74, 6) is -0.324. The van der Waals surface area contributed by atoms with Gasteiger partial charge in [0.1, 0.15) is 6.61 Å². The van der Waals surface area contributed by atoms with Crippen LogP contribution < -0.4 is 11.1 Å². The van der Waals surface area contributed by atoms with Crippen molar-refractivity contribution in [3.8, 4) is 0 Å². The number of hydrogen-bond acceptors (Lipinski definition) is 3. The summed E-state index contributed by atoms with van der Waals surface area (Å²) < 4.78 is 39.7. The molecule has 0 aliphatic rings. The number of halogens is 3. The van der Waals surface area contributed by atoms with Crippen LogP contribution in [0.2, 0.25) is 0 Å². The maximum absolute atomic E-state index is 11.8. The number of carbonyl (C=O) groups is 1. The molecule has 1 amide bonds. The monoisotopic (exact) mass is 270 g/mol. The Hall–Kier alpha value is -0.820. The Morgan fingerprint density at radius 3 is 2.44 bits per heavy atom. The maximum atomic E-state index is 11.8. The van der Waals surface area contributed by atoms with Gasteiger partial charge in [-0.15, -0.1) is 0 Å². The van der Waals surface area contributed by atoms with Crippen LogP contribution in [0.1, 0.15) is 33.1 Å². The molecule has 3 N–H and O–H groups in total. The fourth-order valence-corrected chi connectivity index (χ4v) is 1.40. The van der Waals surface area contributed by atoms with Gasteiger partial charge in [-0.2, -0.15) is 13.2 Å². The van der Waals surface area contributed by atoms with Crippen LogP contribution in [0.4, 0.5) is 13.2 Å². The molecular weight excluding hydrogens is 249 g/mol. The third-order valence-electron chi connectivity index (χ3n) is 2.66. The number of nitrogens with one attached hydrogen (secondary N) is 1. The second kappa shape index (κ2) is 7.58. The van der Waals surface area contributed by atoms with Crippen LogP contribution in [-0.2, 0) is 9.53 Å². The van der Waals surface area contributed by atoms with Crippen LogP contribution in [0, 0.1) is 0 Å². The topological polar surface area (TPSA) is 64.3 Å². The summed E-state index contributed by atoms with van der Waals surface area (Å²) in [6, 6.07) is 0. The summed E-state index contributed by atoms with van der Waals surface area (Å²) in [4.78, 5) is 11.5. The van der Waals surface area contributed by atoms with Gasteiger partial charge in [-0.05, 0) is 26.3 Å².